The van der Waals surface area contributed by atoms with E-state index in [9.17, 15) is 0 Å². The number of benzene rings is 1. The van der Waals surface area contributed by atoms with Crippen molar-refractivity contribution in [2.45, 2.75) is 44.1 Å². The van der Waals surface area contributed by atoms with Crippen molar-refractivity contribution in [1.82, 2.24) is 25.3 Å². The fourth-order valence-electron chi connectivity index (χ4n) is 4.48. The van der Waals surface area contributed by atoms with Crippen molar-refractivity contribution in [3.63, 3.8) is 0 Å². The normalized spacial score (nSPS) is 23.6. The van der Waals surface area contributed by atoms with E-state index in [-0.39, 0.29) is 0 Å². The molecule has 2 atom stereocenters. The summed E-state index contributed by atoms with van der Waals surface area (Å²) < 4.78 is 1.53. The van der Waals surface area contributed by atoms with Crippen LogP contribution in [0.3, 0.4) is 0 Å². The van der Waals surface area contributed by atoms with E-state index in [1.54, 1.807) is 5.56 Å². The zero-order chi connectivity index (χ0) is 15.9. The first-order valence-electron chi connectivity index (χ1n) is 8.80. The third-order valence-electron chi connectivity index (χ3n) is 5.53. The summed E-state index contributed by atoms with van der Waals surface area (Å²) in [7, 11) is 0. The Hall–Kier alpha value is -2.50. The van der Waals surface area contributed by atoms with Gasteiger partial charge in [0.25, 0.3) is 0 Å². The Morgan fingerprint density at radius 2 is 1.96 bits per heavy atom. The van der Waals surface area contributed by atoms with Crippen LogP contribution in [0.2, 0.25) is 0 Å². The Labute approximate surface area is 140 Å². The molecule has 0 saturated carbocycles. The molecule has 0 bridgehead atoms. The number of rotatable bonds is 2. The highest BCUT2D eigenvalue weighted by Gasteiger charge is 2.35. The maximum atomic E-state index is 4.62. The number of nitrogens with zero attached hydrogens (tertiary/aromatic N) is 6. The first-order valence-corrected chi connectivity index (χ1v) is 8.80. The second-order valence-electron chi connectivity index (χ2n) is 6.82. The molecule has 0 radical (unpaired) electrons. The Morgan fingerprint density at radius 1 is 1.00 bits per heavy atom. The lowest BCUT2D eigenvalue weighted by Crippen LogP contribution is -2.36. The standard InChI is InChI=1S/C18H20N6/c1-2-7-14-13(5-1)6-3-8-15(14)16-9-4-12-23(16)18-11-10-17-19-21-22-24(17)20-18/h1-2,5,7,10-11,15-16H,3-4,6,8-9,12H2/t15-,16-/m1/s1. The maximum Gasteiger partial charge on any atom is 0.200 e. The molecule has 1 fully saturated rings. The average molecular weight is 320 g/mol. The lowest BCUT2D eigenvalue weighted by Gasteiger charge is -2.36. The molecule has 2 aliphatic rings. The van der Waals surface area contributed by atoms with Gasteiger partial charge in [0.1, 0.15) is 0 Å². The van der Waals surface area contributed by atoms with Crippen LogP contribution in [0.5, 0.6) is 0 Å². The van der Waals surface area contributed by atoms with Crippen molar-refractivity contribution in [1.29, 1.82) is 0 Å². The molecule has 3 heterocycles. The minimum atomic E-state index is 0.521. The highest BCUT2D eigenvalue weighted by atomic mass is 15.6. The predicted molar refractivity (Wildman–Crippen MR) is 91.1 cm³/mol. The van der Waals surface area contributed by atoms with E-state index in [0.29, 0.717) is 17.6 Å². The topological polar surface area (TPSA) is 59.2 Å². The predicted octanol–water partition coefficient (Wildman–Crippen LogP) is 2.61. The SMILES string of the molecule is c1ccc2c(c1)CCC[C@H]2[C@H]1CCCN1c1ccc2nnnn2n1. The van der Waals surface area contributed by atoms with Crippen LogP contribution >= 0.6 is 0 Å². The molecule has 5 rings (SSSR count). The van der Waals surface area contributed by atoms with Crippen molar-refractivity contribution in [3.8, 4) is 0 Å². The second-order valence-corrected chi connectivity index (χ2v) is 6.82. The average Bonchev–Trinajstić information content (AvgIpc) is 3.29. The maximum absolute atomic E-state index is 4.62. The molecule has 1 aliphatic heterocycles. The Kier molecular flexibility index (Phi) is 3.21. The summed E-state index contributed by atoms with van der Waals surface area (Å²) in [6.07, 6.45) is 6.22. The molecule has 1 saturated heterocycles. The largest absolute Gasteiger partial charge is 0.352 e. The van der Waals surface area contributed by atoms with Crippen LogP contribution < -0.4 is 4.90 Å². The molecule has 0 amide bonds. The van der Waals surface area contributed by atoms with E-state index in [2.05, 4.69) is 55.9 Å². The van der Waals surface area contributed by atoms with Crippen molar-refractivity contribution >= 4 is 11.5 Å². The molecule has 6 nitrogen and oxygen atoms in total. The fourth-order valence-corrected chi connectivity index (χ4v) is 4.48. The van der Waals surface area contributed by atoms with Gasteiger partial charge in [-0.05, 0) is 65.8 Å². The zero-order valence-corrected chi connectivity index (χ0v) is 13.5. The van der Waals surface area contributed by atoms with Gasteiger partial charge in [-0.1, -0.05) is 24.3 Å². The third-order valence-corrected chi connectivity index (χ3v) is 5.53. The van der Waals surface area contributed by atoms with Crippen LogP contribution in [0.15, 0.2) is 36.4 Å². The Bertz CT molecular complexity index is 873. The summed E-state index contributed by atoms with van der Waals surface area (Å²) in [5, 5.41) is 16.2. The highest BCUT2D eigenvalue weighted by molar-refractivity contribution is 5.47. The number of hydrogen-bond donors (Lipinski definition) is 0. The van der Waals surface area contributed by atoms with Gasteiger partial charge in [0.05, 0.1) is 0 Å². The summed E-state index contributed by atoms with van der Waals surface area (Å²) in [6.45, 7) is 1.06. The number of aromatic nitrogens is 5. The first-order chi connectivity index (χ1) is 11.9. The van der Waals surface area contributed by atoms with Gasteiger partial charge in [0.15, 0.2) is 11.5 Å². The number of fused-ring (bicyclic) bond motifs is 2. The molecule has 0 N–H and O–H groups in total. The molecule has 0 spiro atoms. The van der Waals surface area contributed by atoms with Crippen molar-refractivity contribution in [3.05, 3.63) is 47.5 Å². The van der Waals surface area contributed by atoms with Gasteiger partial charge in [-0.15, -0.1) is 14.8 Å². The van der Waals surface area contributed by atoms with Crippen LogP contribution in [-0.4, -0.2) is 37.8 Å². The Balaban J connectivity index is 1.51. The zero-order valence-electron chi connectivity index (χ0n) is 13.5. The monoisotopic (exact) mass is 320 g/mol. The molecular formula is C18H20N6. The van der Waals surface area contributed by atoms with Crippen molar-refractivity contribution in [2.24, 2.45) is 0 Å². The van der Waals surface area contributed by atoms with Gasteiger partial charge in [0, 0.05) is 18.5 Å². The number of anilines is 1. The molecule has 1 aliphatic carbocycles. The van der Waals surface area contributed by atoms with E-state index in [1.165, 1.54) is 42.3 Å². The van der Waals surface area contributed by atoms with Gasteiger partial charge in [0.2, 0.25) is 0 Å². The molecule has 24 heavy (non-hydrogen) atoms. The Morgan fingerprint density at radius 3 is 2.96 bits per heavy atom. The third kappa shape index (κ3) is 2.17. The second kappa shape index (κ2) is 5.54. The number of aryl methyl sites for hydroxylation is 1. The van der Waals surface area contributed by atoms with Gasteiger partial charge in [-0.2, -0.15) is 0 Å². The lowest BCUT2D eigenvalue weighted by molar-refractivity contribution is 0.458. The quantitative estimate of drug-likeness (QED) is 0.726. The highest BCUT2D eigenvalue weighted by Crippen LogP contribution is 2.40. The smallest absolute Gasteiger partial charge is 0.200 e. The van der Waals surface area contributed by atoms with E-state index in [0.717, 1.165) is 12.4 Å². The van der Waals surface area contributed by atoms with Gasteiger partial charge < -0.3 is 4.90 Å². The first kappa shape index (κ1) is 13.9. The number of hydrogen-bond acceptors (Lipinski definition) is 5. The summed E-state index contributed by atoms with van der Waals surface area (Å²) in [4.78, 5) is 2.47. The lowest BCUT2D eigenvalue weighted by atomic mass is 9.78. The van der Waals surface area contributed by atoms with Crippen LogP contribution in [0.1, 0.15) is 42.7 Å². The summed E-state index contributed by atoms with van der Waals surface area (Å²) in [6, 6.07) is 13.5. The molecular weight excluding hydrogens is 300 g/mol. The van der Waals surface area contributed by atoms with Crippen molar-refractivity contribution in [2.75, 3.05) is 11.4 Å². The molecule has 0 unspecified atom stereocenters. The molecule has 1 aromatic carbocycles. The van der Waals surface area contributed by atoms with E-state index >= 15 is 0 Å². The minimum absolute atomic E-state index is 0.521. The van der Waals surface area contributed by atoms with E-state index < -0.39 is 0 Å². The van der Waals surface area contributed by atoms with Crippen LogP contribution in [0.25, 0.3) is 5.65 Å². The molecule has 2 aromatic heterocycles. The van der Waals surface area contributed by atoms with Gasteiger partial charge in [-0.3, -0.25) is 0 Å². The van der Waals surface area contributed by atoms with E-state index in [1.807, 2.05) is 6.07 Å². The fraction of sp³-hybridized carbons (Fsp3) is 0.444. The molecule has 122 valence electrons. The molecule has 6 heteroatoms. The number of tetrazole rings is 1. The van der Waals surface area contributed by atoms with Crippen LogP contribution in [0.4, 0.5) is 5.82 Å². The summed E-state index contributed by atoms with van der Waals surface area (Å²) >= 11 is 0. The minimum Gasteiger partial charge on any atom is -0.352 e. The summed E-state index contributed by atoms with van der Waals surface area (Å²) in [5.74, 6) is 1.59. The van der Waals surface area contributed by atoms with Crippen LogP contribution in [-0.2, 0) is 6.42 Å². The van der Waals surface area contributed by atoms with Crippen LogP contribution in [0, 0.1) is 0 Å². The van der Waals surface area contributed by atoms with E-state index in [4.69, 9.17) is 0 Å². The van der Waals surface area contributed by atoms with Crippen molar-refractivity contribution < 1.29 is 0 Å². The molecule has 3 aromatic rings. The van der Waals surface area contributed by atoms with Gasteiger partial charge >= 0.3 is 0 Å². The summed E-state index contributed by atoms with van der Waals surface area (Å²) in [5.41, 5.74) is 3.77. The van der Waals surface area contributed by atoms with Gasteiger partial charge in [-0.25, -0.2) is 0 Å².